The Bertz CT molecular complexity index is 1160. The largest absolute Gasteiger partial charge is 0.387 e. The Labute approximate surface area is 200 Å². The molecule has 174 valence electrons. The van der Waals surface area contributed by atoms with Crippen LogP contribution < -0.4 is 10.6 Å². The summed E-state index contributed by atoms with van der Waals surface area (Å²) in [5.74, 6) is -0.0886. The fraction of sp³-hybridized carbons (Fsp3) is 0.214. The molecule has 0 spiro atoms. The lowest BCUT2D eigenvalue weighted by atomic mass is 10.1. The number of rotatable bonds is 11. The second-order valence-electron chi connectivity index (χ2n) is 8.33. The van der Waals surface area contributed by atoms with Crippen LogP contribution in [0.3, 0.4) is 0 Å². The van der Waals surface area contributed by atoms with Crippen molar-refractivity contribution in [3.05, 3.63) is 120 Å². The van der Waals surface area contributed by atoms with Crippen molar-refractivity contribution in [1.82, 2.24) is 14.9 Å². The van der Waals surface area contributed by atoms with E-state index in [4.69, 9.17) is 0 Å². The number of carbonyl (C=O) groups excluding carboxylic acids is 1. The first-order chi connectivity index (χ1) is 16.7. The van der Waals surface area contributed by atoms with Crippen molar-refractivity contribution in [3.8, 4) is 0 Å². The smallest absolute Gasteiger partial charge is 0.230 e. The highest BCUT2D eigenvalue weighted by atomic mass is 16.3. The molecule has 1 heterocycles. The number of aliphatic hydroxyl groups excluding tert-OH is 1. The van der Waals surface area contributed by atoms with Crippen molar-refractivity contribution in [2.75, 3.05) is 18.4 Å². The van der Waals surface area contributed by atoms with Crippen LogP contribution in [-0.2, 0) is 24.2 Å². The minimum atomic E-state index is -0.511. The Hall–Kier alpha value is -3.74. The zero-order chi connectivity index (χ0) is 23.6. The van der Waals surface area contributed by atoms with E-state index in [0.717, 1.165) is 36.5 Å². The summed E-state index contributed by atoms with van der Waals surface area (Å²) in [5, 5.41) is 16.4. The molecule has 0 aliphatic heterocycles. The molecule has 0 aliphatic carbocycles. The van der Waals surface area contributed by atoms with Gasteiger partial charge in [-0.3, -0.25) is 4.79 Å². The van der Waals surface area contributed by atoms with Crippen LogP contribution in [0.15, 0.2) is 97.5 Å². The molecule has 4 rings (SSSR count). The summed E-state index contributed by atoms with van der Waals surface area (Å²) in [5.41, 5.74) is 4.79. The zero-order valence-electron chi connectivity index (χ0n) is 19.1. The second-order valence-corrected chi connectivity index (χ2v) is 8.33. The molecular weight excluding hydrogens is 424 g/mol. The maximum Gasteiger partial charge on any atom is 0.230 e. The molecule has 0 radical (unpaired) electrons. The van der Waals surface area contributed by atoms with E-state index in [0.29, 0.717) is 6.54 Å². The van der Waals surface area contributed by atoms with Gasteiger partial charge in [-0.1, -0.05) is 72.8 Å². The van der Waals surface area contributed by atoms with Gasteiger partial charge in [-0.2, -0.15) is 0 Å². The van der Waals surface area contributed by atoms with Crippen molar-refractivity contribution >= 4 is 11.6 Å². The number of imidazole rings is 1. The maximum absolute atomic E-state index is 12.4. The minimum absolute atomic E-state index is 0.0886. The molecule has 1 aromatic heterocycles. The summed E-state index contributed by atoms with van der Waals surface area (Å²) in [6, 6.07) is 27.7. The number of aliphatic hydroxyl groups is 1. The molecule has 1 unspecified atom stereocenters. The Kier molecular flexibility index (Phi) is 8.22. The normalized spacial score (nSPS) is 11.8. The topological polar surface area (TPSA) is 79.2 Å². The first-order valence-electron chi connectivity index (χ1n) is 11.5. The van der Waals surface area contributed by atoms with E-state index < -0.39 is 6.10 Å². The molecule has 6 heteroatoms. The lowest BCUT2D eigenvalue weighted by Gasteiger charge is -2.12. The Morgan fingerprint density at radius 2 is 1.62 bits per heavy atom. The number of benzene rings is 3. The molecule has 4 aromatic rings. The van der Waals surface area contributed by atoms with Crippen LogP contribution in [0.4, 0.5) is 5.69 Å². The van der Waals surface area contributed by atoms with Gasteiger partial charge in [-0.15, -0.1) is 0 Å². The maximum atomic E-state index is 12.4. The third kappa shape index (κ3) is 7.13. The Morgan fingerprint density at radius 1 is 0.912 bits per heavy atom. The highest BCUT2D eigenvalue weighted by molar-refractivity contribution is 5.91. The number of amides is 1. The molecule has 3 N–H and O–H groups in total. The average Bonchev–Trinajstić information content (AvgIpc) is 3.30. The van der Waals surface area contributed by atoms with E-state index in [1.165, 1.54) is 11.1 Å². The SMILES string of the molecule is O=C(Cc1cn(Cc2ccccc2)cn1)Nc1ccc(CCNCC(O)c2ccccc2)cc1. The molecule has 0 saturated heterocycles. The van der Waals surface area contributed by atoms with E-state index in [9.17, 15) is 9.90 Å². The molecule has 34 heavy (non-hydrogen) atoms. The molecule has 0 fully saturated rings. The number of hydrogen-bond acceptors (Lipinski definition) is 4. The van der Waals surface area contributed by atoms with Gasteiger partial charge in [-0.25, -0.2) is 4.98 Å². The van der Waals surface area contributed by atoms with Crippen LogP contribution in [0.5, 0.6) is 0 Å². The summed E-state index contributed by atoms with van der Waals surface area (Å²) in [7, 11) is 0. The Morgan fingerprint density at radius 3 is 2.35 bits per heavy atom. The van der Waals surface area contributed by atoms with Crippen molar-refractivity contribution in [2.24, 2.45) is 0 Å². The number of aromatic nitrogens is 2. The minimum Gasteiger partial charge on any atom is -0.387 e. The van der Waals surface area contributed by atoms with Gasteiger partial charge in [0.15, 0.2) is 0 Å². The summed E-state index contributed by atoms with van der Waals surface area (Å²) >= 11 is 0. The van der Waals surface area contributed by atoms with Gasteiger partial charge in [0.25, 0.3) is 0 Å². The fourth-order valence-corrected chi connectivity index (χ4v) is 3.77. The molecule has 1 atom stereocenters. The average molecular weight is 455 g/mol. The van der Waals surface area contributed by atoms with E-state index in [2.05, 4.69) is 27.8 Å². The first-order valence-corrected chi connectivity index (χ1v) is 11.5. The van der Waals surface area contributed by atoms with Crippen molar-refractivity contribution < 1.29 is 9.90 Å². The third-order valence-electron chi connectivity index (χ3n) is 5.59. The standard InChI is InChI=1S/C28H30N4O2/c33-27(24-9-5-2-6-10-24)18-29-16-15-22-11-13-25(14-12-22)31-28(34)17-26-20-32(21-30-26)19-23-7-3-1-4-8-23/h1-14,20-21,27,29,33H,15-19H2,(H,31,34). The lowest BCUT2D eigenvalue weighted by Crippen LogP contribution is -2.23. The fourth-order valence-electron chi connectivity index (χ4n) is 3.77. The van der Waals surface area contributed by atoms with Gasteiger partial charge in [0.2, 0.25) is 5.91 Å². The number of carbonyl (C=O) groups is 1. The zero-order valence-corrected chi connectivity index (χ0v) is 19.1. The number of nitrogens with zero attached hydrogens (tertiary/aromatic N) is 2. The third-order valence-corrected chi connectivity index (χ3v) is 5.59. The molecule has 0 aliphatic rings. The van der Waals surface area contributed by atoms with Crippen LogP contribution in [0.2, 0.25) is 0 Å². The second kappa shape index (κ2) is 11.9. The summed E-state index contributed by atoms with van der Waals surface area (Å²) in [6.07, 6.45) is 4.24. The predicted octanol–water partition coefficient (Wildman–Crippen LogP) is 3.98. The molecule has 3 aromatic carbocycles. The Balaban J connectivity index is 1.18. The summed E-state index contributed by atoms with van der Waals surface area (Å²) in [6.45, 7) is 2.01. The number of hydrogen-bond donors (Lipinski definition) is 3. The molecule has 1 amide bonds. The van der Waals surface area contributed by atoms with Crippen LogP contribution in [0.1, 0.15) is 28.5 Å². The molecular formula is C28H30N4O2. The van der Waals surface area contributed by atoms with E-state index in [-0.39, 0.29) is 12.3 Å². The predicted molar refractivity (Wildman–Crippen MR) is 135 cm³/mol. The number of nitrogens with one attached hydrogen (secondary N) is 2. The van der Waals surface area contributed by atoms with Gasteiger partial charge in [0.05, 0.1) is 24.5 Å². The van der Waals surface area contributed by atoms with E-state index >= 15 is 0 Å². The van der Waals surface area contributed by atoms with E-state index in [1.807, 2.05) is 83.6 Å². The van der Waals surface area contributed by atoms with Gasteiger partial charge >= 0.3 is 0 Å². The quantitative estimate of drug-likeness (QED) is 0.300. The molecule has 6 nitrogen and oxygen atoms in total. The first kappa shape index (κ1) is 23.4. The van der Waals surface area contributed by atoms with E-state index in [1.54, 1.807) is 6.33 Å². The van der Waals surface area contributed by atoms with Crippen LogP contribution in [0.25, 0.3) is 0 Å². The van der Waals surface area contributed by atoms with Gasteiger partial charge in [0, 0.05) is 25.0 Å². The van der Waals surface area contributed by atoms with Crippen LogP contribution >= 0.6 is 0 Å². The van der Waals surface area contributed by atoms with Crippen LogP contribution in [0, 0.1) is 0 Å². The lowest BCUT2D eigenvalue weighted by molar-refractivity contribution is -0.115. The van der Waals surface area contributed by atoms with Crippen molar-refractivity contribution in [1.29, 1.82) is 0 Å². The highest BCUT2D eigenvalue weighted by Crippen LogP contribution is 2.12. The summed E-state index contributed by atoms with van der Waals surface area (Å²) in [4.78, 5) is 16.8. The number of anilines is 1. The highest BCUT2D eigenvalue weighted by Gasteiger charge is 2.08. The van der Waals surface area contributed by atoms with Crippen LogP contribution in [-0.4, -0.2) is 33.7 Å². The van der Waals surface area contributed by atoms with Crippen molar-refractivity contribution in [3.63, 3.8) is 0 Å². The van der Waals surface area contributed by atoms with Gasteiger partial charge in [-0.05, 0) is 41.8 Å². The molecule has 0 bridgehead atoms. The molecule has 0 saturated carbocycles. The summed E-state index contributed by atoms with van der Waals surface area (Å²) < 4.78 is 1.99. The van der Waals surface area contributed by atoms with Gasteiger partial charge < -0.3 is 20.3 Å². The van der Waals surface area contributed by atoms with Gasteiger partial charge in [0.1, 0.15) is 0 Å². The monoisotopic (exact) mass is 454 g/mol. The van der Waals surface area contributed by atoms with Crippen molar-refractivity contribution in [2.45, 2.75) is 25.5 Å².